The number of aryl methyl sites for hydroxylation is 1. The summed E-state index contributed by atoms with van der Waals surface area (Å²) < 4.78 is 5.10. The zero-order valence-electron chi connectivity index (χ0n) is 11.6. The van der Waals surface area contributed by atoms with Gasteiger partial charge in [-0.05, 0) is 18.9 Å². The smallest absolute Gasteiger partial charge is 0.223 e. The first-order chi connectivity index (χ1) is 9.13. The first kappa shape index (κ1) is 14.0. The Hall–Kier alpha value is -1.39. The van der Waals surface area contributed by atoms with Crippen LogP contribution >= 0.6 is 0 Å². The molecule has 2 atom stereocenters. The Morgan fingerprint density at radius 3 is 2.95 bits per heavy atom. The van der Waals surface area contributed by atoms with E-state index in [4.69, 9.17) is 10.5 Å². The minimum atomic E-state index is -0.0312. The third-order valence-corrected chi connectivity index (χ3v) is 3.67. The molecule has 4 nitrogen and oxygen atoms in total. The summed E-state index contributed by atoms with van der Waals surface area (Å²) in [5.41, 5.74) is 8.56. The molecule has 0 spiro atoms. The lowest BCUT2D eigenvalue weighted by Gasteiger charge is -2.40. The summed E-state index contributed by atoms with van der Waals surface area (Å²) >= 11 is 0. The fourth-order valence-corrected chi connectivity index (χ4v) is 2.71. The number of ether oxygens (including phenoxy) is 1. The number of amides is 1. The van der Waals surface area contributed by atoms with E-state index in [0.717, 1.165) is 12.0 Å². The van der Waals surface area contributed by atoms with E-state index in [9.17, 15) is 4.79 Å². The number of piperidine rings is 1. The molecule has 1 aromatic rings. The number of hydrogen-bond donors (Lipinski definition) is 1. The Balaban J connectivity index is 2.28. The molecule has 1 saturated heterocycles. The zero-order chi connectivity index (χ0) is 13.8. The highest BCUT2D eigenvalue weighted by Gasteiger charge is 2.34. The third-order valence-electron chi connectivity index (χ3n) is 3.67. The Labute approximate surface area is 114 Å². The number of likely N-dealkylation sites (tertiary alicyclic amines) is 1. The van der Waals surface area contributed by atoms with Crippen molar-refractivity contribution in [2.75, 3.05) is 20.3 Å². The average molecular weight is 262 g/mol. The first-order valence-corrected chi connectivity index (χ1v) is 6.74. The molecular weight excluding hydrogens is 240 g/mol. The van der Waals surface area contributed by atoms with Crippen molar-refractivity contribution in [2.45, 2.75) is 31.8 Å². The third kappa shape index (κ3) is 3.14. The van der Waals surface area contributed by atoms with Gasteiger partial charge in [0.15, 0.2) is 0 Å². The molecule has 0 aromatic heterocycles. The van der Waals surface area contributed by atoms with Crippen LogP contribution in [0.3, 0.4) is 0 Å². The summed E-state index contributed by atoms with van der Waals surface area (Å²) in [6.45, 7) is 3.20. The van der Waals surface area contributed by atoms with Crippen LogP contribution in [0, 0.1) is 6.92 Å². The van der Waals surface area contributed by atoms with Gasteiger partial charge in [-0.25, -0.2) is 0 Å². The topological polar surface area (TPSA) is 55.6 Å². The maximum absolute atomic E-state index is 12.1. The van der Waals surface area contributed by atoms with Crippen molar-refractivity contribution < 1.29 is 9.53 Å². The molecule has 2 rings (SSSR count). The van der Waals surface area contributed by atoms with Crippen molar-refractivity contribution in [2.24, 2.45) is 5.73 Å². The van der Waals surface area contributed by atoms with Crippen molar-refractivity contribution in [3.63, 3.8) is 0 Å². The Kier molecular flexibility index (Phi) is 4.56. The van der Waals surface area contributed by atoms with Gasteiger partial charge in [-0.1, -0.05) is 29.8 Å². The summed E-state index contributed by atoms with van der Waals surface area (Å²) in [6, 6.07) is 8.20. The highest BCUT2D eigenvalue weighted by molar-refractivity contribution is 5.78. The Morgan fingerprint density at radius 2 is 2.26 bits per heavy atom. The van der Waals surface area contributed by atoms with Gasteiger partial charge < -0.3 is 15.4 Å². The van der Waals surface area contributed by atoms with Crippen LogP contribution in [0.4, 0.5) is 0 Å². The number of methoxy groups -OCH3 is 1. The number of nitrogens with zero attached hydrogens (tertiary/aromatic N) is 1. The molecule has 1 heterocycles. The van der Waals surface area contributed by atoms with Gasteiger partial charge in [0.25, 0.3) is 0 Å². The lowest BCUT2D eigenvalue weighted by molar-refractivity contribution is -0.138. The van der Waals surface area contributed by atoms with Gasteiger partial charge in [-0.2, -0.15) is 0 Å². The highest BCUT2D eigenvalue weighted by Crippen LogP contribution is 2.31. The minimum absolute atomic E-state index is 0.00337. The van der Waals surface area contributed by atoms with Gasteiger partial charge in [-0.3, -0.25) is 4.79 Å². The van der Waals surface area contributed by atoms with Crippen LogP contribution in [0.2, 0.25) is 0 Å². The van der Waals surface area contributed by atoms with E-state index in [1.54, 1.807) is 7.11 Å². The number of rotatable bonds is 4. The second-order valence-electron chi connectivity index (χ2n) is 5.14. The highest BCUT2D eigenvalue weighted by atomic mass is 16.5. The number of hydrogen-bond acceptors (Lipinski definition) is 3. The monoisotopic (exact) mass is 262 g/mol. The summed E-state index contributed by atoms with van der Waals surface area (Å²) in [5.74, 6) is 0.172. The van der Waals surface area contributed by atoms with Crippen molar-refractivity contribution in [3.05, 3.63) is 35.4 Å². The van der Waals surface area contributed by atoms with Crippen LogP contribution in [0.25, 0.3) is 0 Å². The normalized spacial score (nSPS) is 23.7. The summed E-state index contributed by atoms with van der Waals surface area (Å²) in [4.78, 5) is 14.0. The molecule has 1 fully saturated rings. The molecule has 0 radical (unpaired) electrons. The minimum Gasteiger partial charge on any atom is -0.383 e. The lowest BCUT2D eigenvalue weighted by Crippen LogP contribution is -2.49. The number of benzene rings is 1. The van der Waals surface area contributed by atoms with Crippen molar-refractivity contribution in [1.82, 2.24) is 4.90 Å². The fraction of sp³-hybridized carbons (Fsp3) is 0.533. The van der Waals surface area contributed by atoms with Crippen molar-refractivity contribution in [1.29, 1.82) is 0 Å². The molecule has 19 heavy (non-hydrogen) atoms. The molecular formula is C15H22N2O2. The van der Waals surface area contributed by atoms with Crippen LogP contribution in [0.15, 0.2) is 24.3 Å². The quantitative estimate of drug-likeness (QED) is 0.897. The van der Waals surface area contributed by atoms with E-state index in [1.165, 1.54) is 5.56 Å². The molecule has 1 amide bonds. The van der Waals surface area contributed by atoms with Crippen molar-refractivity contribution in [3.8, 4) is 0 Å². The van der Waals surface area contributed by atoms with Crippen molar-refractivity contribution >= 4 is 5.91 Å². The lowest BCUT2D eigenvalue weighted by atomic mass is 9.90. The molecule has 2 unspecified atom stereocenters. The van der Waals surface area contributed by atoms with Crippen LogP contribution in [0.5, 0.6) is 0 Å². The molecule has 0 bridgehead atoms. The fourth-order valence-electron chi connectivity index (χ4n) is 2.71. The second-order valence-corrected chi connectivity index (χ2v) is 5.14. The van der Waals surface area contributed by atoms with Gasteiger partial charge in [-0.15, -0.1) is 0 Å². The Bertz CT molecular complexity index is 448. The molecule has 0 saturated carbocycles. The van der Waals surface area contributed by atoms with Crippen LogP contribution in [0.1, 0.15) is 30.0 Å². The van der Waals surface area contributed by atoms with E-state index in [2.05, 4.69) is 25.1 Å². The standard InChI is InChI=1S/C15H22N2O2/c1-11-4-3-5-12(10-11)15-13(16)6-7-14(18)17(15)8-9-19-2/h3-5,10,13,15H,6-9,16H2,1-2H3. The SMILES string of the molecule is COCCN1C(=O)CCC(N)C1c1cccc(C)c1. The average Bonchev–Trinajstić information content (AvgIpc) is 2.39. The summed E-state index contributed by atoms with van der Waals surface area (Å²) in [6.07, 6.45) is 1.29. The van der Waals surface area contributed by atoms with Crippen LogP contribution in [-0.2, 0) is 9.53 Å². The molecule has 1 aromatic carbocycles. The molecule has 0 aliphatic carbocycles. The maximum Gasteiger partial charge on any atom is 0.223 e. The van der Waals surface area contributed by atoms with Crippen LogP contribution < -0.4 is 5.73 Å². The number of nitrogens with two attached hydrogens (primary N) is 1. The van der Waals surface area contributed by atoms with E-state index in [1.807, 2.05) is 11.0 Å². The van der Waals surface area contributed by atoms with Gasteiger partial charge in [0.1, 0.15) is 0 Å². The van der Waals surface area contributed by atoms with E-state index >= 15 is 0 Å². The van der Waals surface area contributed by atoms with Gasteiger partial charge in [0, 0.05) is 26.1 Å². The largest absolute Gasteiger partial charge is 0.383 e. The number of carbonyl (C=O) groups is 1. The van der Waals surface area contributed by atoms with Gasteiger partial charge in [0.2, 0.25) is 5.91 Å². The van der Waals surface area contributed by atoms with Crippen LogP contribution in [-0.4, -0.2) is 37.1 Å². The van der Waals surface area contributed by atoms with Gasteiger partial charge >= 0.3 is 0 Å². The molecule has 104 valence electrons. The van der Waals surface area contributed by atoms with E-state index in [0.29, 0.717) is 19.6 Å². The predicted octanol–water partition coefficient (Wildman–Crippen LogP) is 1.63. The van der Waals surface area contributed by atoms with E-state index in [-0.39, 0.29) is 18.0 Å². The van der Waals surface area contributed by atoms with Gasteiger partial charge in [0.05, 0.1) is 12.6 Å². The molecule has 1 aliphatic rings. The van der Waals surface area contributed by atoms with E-state index < -0.39 is 0 Å². The maximum atomic E-state index is 12.1. The first-order valence-electron chi connectivity index (χ1n) is 6.74. The molecule has 4 heteroatoms. The predicted molar refractivity (Wildman–Crippen MR) is 74.7 cm³/mol. The summed E-state index contributed by atoms with van der Waals surface area (Å²) in [7, 11) is 1.65. The Morgan fingerprint density at radius 1 is 1.47 bits per heavy atom. The molecule has 2 N–H and O–H groups in total. The summed E-state index contributed by atoms with van der Waals surface area (Å²) in [5, 5.41) is 0. The molecule has 1 aliphatic heterocycles. The zero-order valence-corrected chi connectivity index (χ0v) is 11.6. The number of carbonyl (C=O) groups excluding carboxylic acids is 1. The second kappa shape index (κ2) is 6.17.